The van der Waals surface area contributed by atoms with Crippen LogP contribution in [0.3, 0.4) is 0 Å². The van der Waals surface area contributed by atoms with Crippen molar-refractivity contribution in [2.45, 2.75) is 6.92 Å². The van der Waals surface area contributed by atoms with Crippen molar-refractivity contribution in [3.05, 3.63) is 34.3 Å². The summed E-state index contributed by atoms with van der Waals surface area (Å²) in [6, 6.07) is 7.59. The van der Waals surface area contributed by atoms with E-state index < -0.39 is 0 Å². The molecule has 15 heavy (non-hydrogen) atoms. The molecule has 2 aromatic rings. The largest absolute Gasteiger partial charge is 0.486 e. The number of aromatic nitrogens is 1. The maximum absolute atomic E-state index is 5.83. The molecule has 0 N–H and O–H groups in total. The molecule has 4 heteroatoms. The molecule has 0 aliphatic carbocycles. The molecule has 0 radical (unpaired) electrons. The predicted molar refractivity (Wildman–Crippen MR) is 63.8 cm³/mol. The summed E-state index contributed by atoms with van der Waals surface area (Å²) in [7, 11) is 1.66. The molecule has 0 spiro atoms. The molecule has 0 aliphatic heterocycles. The molecular formula is C11H10ClNOS. The Kier molecular flexibility index (Phi) is 2.93. The van der Waals surface area contributed by atoms with Crippen molar-refractivity contribution in [3.8, 4) is 16.3 Å². The monoisotopic (exact) mass is 239 g/mol. The summed E-state index contributed by atoms with van der Waals surface area (Å²) in [4.78, 5) is 4.43. The molecular weight excluding hydrogens is 230 g/mol. The van der Waals surface area contributed by atoms with Crippen molar-refractivity contribution in [2.24, 2.45) is 0 Å². The SMILES string of the molecule is COc1sc(C)nc1-c1ccc(Cl)cc1. The maximum atomic E-state index is 5.83. The lowest BCUT2D eigenvalue weighted by Crippen LogP contribution is -1.84. The van der Waals surface area contributed by atoms with E-state index in [-0.39, 0.29) is 0 Å². The highest BCUT2D eigenvalue weighted by atomic mass is 35.5. The van der Waals surface area contributed by atoms with Gasteiger partial charge in [-0.3, -0.25) is 0 Å². The molecule has 0 unspecified atom stereocenters. The number of halogens is 1. The van der Waals surface area contributed by atoms with Gasteiger partial charge in [0.15, 0.2) is 0 Å². The summed E-state index contributed by atoms with van der Waals surface area (Å²) >= 11 is 7.38. The maximum Gasteiger partial charge on any atom is 0.202 e. The zero-order chi connectivity index (χ0) is 10.8. The van der Waals surface area contributed by atoms with Gasteiger partial charge in [0.25, 0.3) is 0 Å². The first-order valence-corrected chi connectivity index (χ1v) is 5.67. The number of hydrogen-bond donors (Lipinski definition) is 0. The van der Waals surface area contributed by atoms with Gasteiger partial charge in [0.05, 0.1) is 12.1 Å². The first-order chi connectivity index (χ1) is 7.20. The van der Waals surface area contributed by atoms with Gasteiger partial charge in [-0.2, -0.15) is 0 Å². The van der Waals surface area contributed by atoms with Gasteiger partial charge in [-0.25, -0.2) is 4.98 Å². The first kappa shape index (κ1) is 10.5. The van der Waals surface area contributed by atoms with Crippen LogP contribution in [0, 0.1) is 6.92 Å². The first-order valence-electron chi connectivity index (χ1n) is 4.48. The fraction of sp³-hybridized carbons (Fsp3) is 0.182. The number of nitrogens with zero attached hydrogens (tertiary/aromatic N) is 1. The van der Waals surface area contributed by atoms with Crippen molar-refractivity contribution in [1.82, 2.24) is 4.98 Å². The number of benzene rings is 1. The Balaban J connectivity index is 2.48. The van der Waals surface area contributed by atoms with Gasteiger partial charge in [0.2, 0.25) is 5.06 Å². The van der Waals surface area contributed by atoms with E-state index in [1.54, 1.807) is 18.4 Å². The predicted octanol–water partition coefficient (Wildman–Crippen LogP) is 3.78. The molecule has 0 saturated heterocycles. The molecule has 0 aliphatic rings. The summed E-state index contributed by atoms with van der Waals surface area (Å²) in [6.45, 7) is 1.96. The third-order valence-electron chi connectivity index (χ3n) is 2.01. The Bertz CT molecular complexity index is 464. The van der Waals surface area contributed by atoms with Gasteiger partial charge < -0.3 is 4.74 Å². The lowest BCUT2D eigenvalue weighted by molar-refractivity contribution is 0.428. The van der Waals surface area contributed by atoms with Crippen LogP contribution in [0.1, 0.15) is 5.01 Å². The van der Waals surface area contributed by atoms with E-state index in [9.17, 15) is 0 Å². The van der Waals surface area contributed by atoms with Gasteiger partial charge in [0, 0.05) is 10.6 Å². The molecule has 78 valence electrons. The number of rotatable bonds is 2. The number of ether oxygens (including phenoxy) is 1. The molecule has 1 aromatic carbocycles. The van der Waals surface area contributed by atoms with Crippen LogP contribution >= 0.6 is 22.9 Å². The van der Waals surface area contributed by atoms with Gasteiger partial charge >= 0.3 is 0 Å². The highest BCUT2D eigenvalue weighted by molar-refractivity contribution is 7.13. The van der Waals surface area contributed by atoms with Crippen LogP contribution < -0.4 is 4.74 Å². The minimum absolute atomic E-state index is 0.727. The Morgan fingerprint density at radius 1 is 1.27 bits per heavy atom. The average Bonchev–Trinajstić information content (AvgIpc) is 2.61. The van der Waals surface area contributed by atoms with Crippen LogP contribution in [-0.4, -0.2) is 12.1 Å². The lowest BCUT2D eigenvalue weighted by atomic mass is 10.2. The van der Waals surface area contributed by atoms with Crippen LogP contribution in [-0.2, 0) is 0 Å². The number of aryl methyl sites for hydroxylation is 1. The fourth-order valence-corrected chi connectivity index (χ4v) is 2.21. The van der Waals surface area contributed by atoms with E-state index in [0.717, 1.165) is 26.4 Å². The van der Waals surface area contributed by atoms with E-state index in [2.05, 4.69) is 4.98 Å². The zero-order valence-corrected chi connectivity index (χ0v) is 10.0. The van der Waals surface area contributed by atoms with Gasteiger partial charge in [-0.15, -0.1) is 0 Å². The van der Waals surface area contributed by atoms with Crippen LogP contribution in [0.25, 0.3) is 11.3 Å². The summed E-state index contributed by atoms with van der Waals surface area (Å²) < 4.78 is 5.27. The highest BCUT2D eigenvalue weighted by Crippen LogP contribution is 2.34. The number of methoxy groups -OCH3 is 1. The Hall–Kier alpha value is -1.06. The van der Waals surface area contributed by atoms with Crippen LogP contribution in [0.4, 0.5) is 0 Å². The smallest absolute Gasteiger partial charge is 0.202 e. The van der Waals surface area contributed by atoms with Crippen LogP contribution in [0.2, 0.25) is 5.02 Å². The molecule has 0 atom stereocenters. The molecule has 1 heterocycles. The van der Waals surface area contributed by atoms with E-state index >= 15 is 0 Å². The molecule has 1 aromatic heterocycles. The highest BCUT2D eigenvalue weighted by Gasteiger charge is 2.11. The molecule has 0 fully saturated rings. The quantitative estimate of drug-likeness (QED) is 0.796. The third-order valence-corrected chi connectivity index (χ3v) is 3.19. The topological polar surface area (TPSA) is 22.1 Å². The van der Waals surface area contributed by atoms with Crippen LogP contribution in [0.5, 0.6) is 5.06 Å². The minimum Gasteiger partial charge on any atom is -0.486 e. The van der Waals surface area contributed by atoms with Gasteiger partial charge in [-0.05, 0) is 19.1 Å². The number of hydrogen-bond acceptors (Lipinski definition) is 3. The van der Waals surface area contributed by atoms with Crippen molar-refractivity contribution in [1.29, 1.82) is 0 Å². The van der Waals surface area contributed by atoms with E-state index in [0.29, 0.717) is 0 Å². The Labute approximate surface area is 97.5 Å². The molecule has 0 bridgehead atoms. The second-order valence-corrected chi connectivity index (χ2v) is 4.68. The van der Waals surface area contributed by atoms with Crippen molar-refractivity contribution >= 4 is 22.9 Å². The van der Waals surface area contributed by atoms with Gasteiger partial charge in [0.1, 0.15) is 5.69 Å². The van der Waals surface area contributed by atoms with Crippen molar-refractivity contribution in [3.63, 3.8) is 0 Å². The third kappa shape index (κ3) is 2.13. The molecule has 2 nitrogen and oxygen atoms in total. The second-order valence-electron chi connectivity index (χ2n) is 3.08. The zero-order valence-electron chi connectivity index (χ0n) is 8.45. The summed E-state index contributed by atoms with van der Waals surface area (Å²) in [6.07, 6.45) is 0. The Morgan fingerprint density at radius 3 is 2.53 bits per heavy atom. The summed E-state index contributed by atoms with van der Waals surface area (Å²) in [5.74, 6) is 0. The van der Waals surface area contributed by atoms with Crippen molar-refractivity contribution in [2.75, 3.05) is 7.11 Å². The minimum atomic E-state index is 0.727. The standard InChI is InChI=1S/C11H10ClNOS/c1-7-13-10(11(14-2)15-7)8-3-5-9(12)6-4-8/h3-6H,1-2H3. The van der Waals surface area contributed by atoms with E-state index in [1.165, 1.54) is 0 Å². The normalized spacial score (nSPS) is 10.3. The fourth-order valence-electron chi connectivity index (χ4n) is 1.34. The van der Waals surface area contributed by atoms with Crippen LogP contribution in [0.15, 0.2) is 24.3 Å². The molecule has 0 saturated carbocycles. The summed E-state index contributed by atoms with van der Waals surface area (Å²) in [5, 5.41) is 2.57. The number of thiazole rings is 1. The summed E-state index contributed by atoms with van der Waals surface area (Å²) in [5.41, 5.74) is 1.91. The lowest BCUT2D eigenvalue weighted by Gasteiger charge is -2.00. The van der Waals surface area contributed by atoms with Crippen molar-refractivity contribution < 1.29 is 4.74 Å². The van der Waals surface area contributed by atoms with E-state index in [1.807, 2.05) is 31.2 Å². The second kappa shape index (κ2) is 4.21. The molecule has 2 rings (SSSR count). The average molecular weight is 240 g/mol. The Morgan fingerprint density at radius 2 is 1.93 bits per heavy atom. The van der Waals surface area contributed by atoms with Gasteiger partial charge in [-0.1, -0.05) is 35.1 Å². The molecule has 0 amide bonds. The van der Waals surface area contributed by atoms with E-state index in [4.69, 9.17) is 16.3 Å².